The lowest BCUT2D eigenvalue weighted by molar-refractivity contribution is 0.215. The van der Waals surface area contributed by atoms with Gasteiger partial charge in [-0.05, 0) is 50.6 Å². The van der Waals surface area contributed by atoms with E-state index in [1.807, 2.05) is 0 Å². The zero-order valence-electron chi connectivity index (χ0n) is 15.0. The fourth-order valence-corrected chi connectivity index (χ4v) is 4.12. The van der Waals surface area contributed by atoms with Crippen molar-refractivity contribution in [3.8, 4) is 0 Å². The Kier molecular flexibility index (Phi) is 4.97. The first-order valence-electron chi connectivity index (χ1n) is 9.55. The van der Waals surface area contributed by atoms with E-state index in [2.05, 4.69) is 15.0 Å². The highest BCUT2D eigenvalue weighted by Crippen LogP contribution is 2.20. The quantitative estimate of drug-likeness (QED) is 0.795. The van der Waals surface area contributed by atoms with Crippen LogP contribution in [0, 0.1) is 0 Å². The monoisotopic (exact) mass is 355 g/mol. The van der Waals surface area contributed by atoms with Crippen LogP contribution in [0.3, 0.4) is 0 Å². The maximum absolute atomic E-state index is 12.4. The van der Waals surface area contributed by atoms with Crippen LogP contribution >= 0.6 is 0 Å². The molecule has 0 aromatic carbocycles. The van der Waals surface area contributed by atoms with Gasteiger partial charge in [0.05, 0.1) is 18.4 Å². The van der Waals surface area contributed by atoms with Gasteiger partial charge in [0.25, 0.3) is 11.1 Å². The van der Waals surface area contributed by atoms with Gasteiger partial charge < -0.3 is 4.57 Å². The molecule has 7 heteroatoms. The largest absolute Gasteiger partial charge is 0.311 e. The first-order chi connectivity index (χ1) is 12.7. The van der Waals surface area contributed by atoms with Crippen LogP contribution in [0.4, 0.5) is 0 Å². The Morgan fingerprint density at radius 2 is 1.96 bits per heavy atom. The van der Waals surface area contributed by atoms with Gasteiger partial charge in [-0.2, -0.15) is 5.10 Å². The SMILES string of the molecule is O=c1cnccn1CCN1CCCC1Cn1nc2c(cc1=O)CCCC2. The number of fused-ring (bicyclic) bond motifs is 1. The molecule has 1 atom stereocenters. The molecule has 7 nitrogen and oxygen atoms in total. The van der Waals surface area contributed by atoms with Crippen LogP contribution in [0.2, 0.25) is 0 Å². The number of nitrogens with zero attached hydrogens (tertiary/aromatic N) is 5. The number of rotatable bonds is 5. The fraction of sp³-hybridized carbons (Fsp3) is 0.579. The van der Waals surface area contributed by atoms with E-state index in [1.54, 1.807) is 27.7 Å². The minimum atomic E-state index is -0.0733. The molecule has 0 radical (unpaired) electrons. The maximum Gasteiger partial charge on any atom is 0.269 e. The Hall–Kier alpha value is -2.28. The van der Waals surface area contributed by atoms with E-state index in [0.717, 1.165) is 62.9 Å². The van der Waals surface area contributed by atoms with Crippen LogP contribution in [0.5, 0.6) is 0 Å². The number of hydrogen-bond donors (Lipinski definition) is 0. The van der Waals surface area contributed by atoms with Crippen molar-refractivity contribution in [2.24, 2.45) is 0 Å². The second kappa shape index (κ2) is 7.53. The Bertz CT molecular complexity index is 888. The van der Waals surface area contributed by atoms with Crippen molar-refractivity contribution < 1.29 is 0 Å². The number of hydrogen-bond acceptors (Lipinski definition) is 5. The van der Waals surface area contributed by atoms with Crippen molar-refractivity contribution >= 4 is 0 Å². The van der Waals surface area contributed by atoms with Gasteiger partial charge in [-0.25, -0.2) is 4.68 Å². The highest BCUT2D eigenvalue weighted by Gasteiger charge is 2.25. The molecule has 1 aliphatic heterocycles. The van der Waals surface area contributed by atoms with Crippen molar-refractivity contribution in [2.75, 3.05) is 13.1 Å². The average molecular weight is 355 g/mol. The molecule has 0 bridgehead atoms. The molecule has 1 aliphatic carbocycles. The zero-order valence-corrected chi connectivity index (χ0v) is 15.0. The van der Waals surface area contributed by atoms with Gasteiger partial charge in [-0.15, -0.1) is 0 Å². The summed E-state index contributed by atoms with van der Waals surface area (Å²) in [5.41, 5.74) is 2.18. The molecule has 1 saturated heterocycles. The second-order valence-electron chi connectivity index (χ2n) is 7.28. The first-order valence-corrected chi connectivity index (χ1v) is 9.55. The Labute approximate surface area is 152 Å². The van der Waals surface area contributed by atoms with Crippen molar-refractivity contribution in [3.05, 3.63) is 56.6 Å². The summed E-state index contributed by atoms with van der Waals surface area (Å²) in [6.45, 7) is 3.08. The minimum absolute atomic E-state index is 0.0165. The van der Waals surface area contributed by atoms with Crippen LogP contribution in [0.25, 0.3) is 0 Å². The van der Waals surface area contributed by atoms with Crippen LogP contribution in [0.15, 0.2) is 34.2 Å². The predicted molar refractivity (Wildman–Crippen MR) is 98.2 cm³/mol. The van der Waals surface area contributed by atoms with Gasteiger partial charge in [0.15, 0.2) is 0 Å². The lowest BCUT2D eigenvalue weighted by Crippen LogP contribution is -2.39. The predicted octanol–water partition coefficient (Wildman–Crippen LogP) is 0.843. The molecule has 1 fully saturated rings. The van der Waals surface area contributed by atoms with Crippen molar-refractivity contribution in [1.82, 2.24) is 24.2 Å². The van der Waals surface area contributed by atoms with Gasteiger partial charge in [0.2, 0.25) is 0 Å². The molecule has 2 aromatic rings. The molecule has 4 rings (SSSR count). The summed E-state index contributed by atoms with van der Waals surface area (Å²) >= 11 is 0. The third-order valence-electron chi connectivity index (χ3n) is 5.59. The van der Waals surface area contributed by atoms with E-state index < -0.39 is 0 Å². The van der Waals surface area contributed by atoms with Gasteiger partial charge in [-0.3, -0.25) is 19.5 Å². The average Bonchev–Trinajstić information content (AvgIpc) is 3.09. The minimum Gasteiger partial charge on any atom is -0.311 e. The second-order valence-corrected chi connectivity index (χ2v) is 7.28. The third kappa shape index (κ3) is 3.62. The summed E-state index contributed by atoms with van der Waals surface area (Å²) in [7, 11) is 0. The van der Waals surface area contributed by atoms with E-state index in [4.69, 9.17) is 0 Å². The Balaban J connectivity index is 1.45. The Morgan fingerprint density at radius 3 is 2.85 bits per heavy atom. The van der Waals surface area contributed by atoms with Crippen LogP contribution in [0.1, 0.15) is 36.9 Å². The van der Waals surface area contributed by atoms with Crippen LogP contribution in [-0.4, -0.2) is 43.4 Å². The summed E-state index contributed by atoms with van der Waals surface area (Å²) < 4.78 is 3.34. The molecule has 1 unspecified atom stereocenters. The molecule has 26 heavy (non-hydrogen) atoms. The van der Waals surface area contributed by atoms with E-state index in [0.29, 0.717) is 19.1 Å². The first kappa shape index (κ1) is 17.1. The third-order valence-corrected chi connectivity index (χ3v) is 5.59. The Morgan fingerprint density at radius 1 is 1.08 bits per heavy atom. The summed E-state index contributed by atoms with van der Waals surface area (Å²) in [4.78, 5) is 30.5. The van der Waals surface area contributed by atoms with Gasteiger partial charge in [0, 0.05) is 37.6 Å². The molecule has 0 amide bonds. The van der Waals surface area contributed by atoms with Crippen molar-refractivity contribution in [2.45, 2.75) is 57.7 Å². The van der Waals surface area contributed by atoms with E-state index in [-0.39, 0.29) is 11.1 Å². The summed E-state index contributed by atoms with van der Waals surface area (Å²) in [6.07, 6.45) is 11.2. The molecule has 2 aromatic heterocycles. The van der Waals surface area contributed by atoms with E-state index >= 15 is 0 Å². The van der Waals surface area contributed by atoms with Crippen LogP contribution < -0.4 is 11.1 Å². The molecule has 0 spiro atoms. The van der Waals surface area contributed by atoms with Crippen molar-refractivity contribution in [3.63, 3.8) is 0 Å². The molecule has 3 heterocycles. The molecular weight excluding hydrogens is 330 g/mol. The number of aromatic nitrogens is 4. The molecular formula is C19H25N5O2. The van der Waals surface area contributed by atoms with Crippen LogP contribution in [-0.2, 0) is 25.9 Å². The highest BCUT2D eigenvalue weighted by atomic mass is 16.1. The van der Waals surface area contributed by atoms with Gasteiger partial charge >= 0.3 is 0 Å². The topological polar surface area (TPSA) is 73.0 Å². The van der Waals surface area contributed by atoms with Gasteiger partial charge in [0.1, 0.15) is 0 Å². The molecule has 2 aliphatic rings. The smallest absolute Gasteiger partial charge is 0.269 e. The summed E-state index contributed by atoms with van der Waals surface area (Å²) in [5, 5.41) is 4.66. The lowest BCUT2D eigenvalue weighted by Gasteiger charge is -2.25. The zero-order chi connectivity index (χ0) is 17.9. The normalized spacial score (nSPS) is 20.2. The summed E-state index contributed by atoms with van der Waals surface area (Å²) in [5.74, 6) is 0. The standard InChI is InChI=1S/C19H25N5O2/c25-18-12-15-4-1-2-6-17(15)21-24(18)14-16-5-3-8-22(16)10-11-23-9-7-20-13-19(23)26/h7,9,12-13,16H,1-6,8,10-11,14H2. The van der Waals surface area contributed by atoms with Gasteiger partial charge in [-0.1, -0.05) is 0 Å². The summed E-state index contributed by atoms with van der Waals surface area (Å²) in [6, 6.07) is 2.09. The number of aryl methyl sites for hydroxylation is 2. The van der Waals surface area contributed by atoms with E-state index in [9.17, 15) is 9.59 Å². The highest BCUT2D eigenvalue weighted by molar-refractivity contribution is 5.20. The molecule has 138 valence electrons. The number of likely N-dealkylation sites (tertiary alicyclic amines) is 1. The lowest BCUT2D eigenvalue weighted by atomic mass is 9.97. The molecule has 0 saturated carbocycles. The van der Waals surface area contributed by atoms with E-state index in [1.165, 1.54) is 6.20 Å². The fourth-order valence-electron chi connectivity index (χ4n) is 4.12. The maximum atomic E-state index is 12.4. The molecule has 0 N–H and O–H groups in total. The van der Waals surface area contributed by atoms with Crippen molar-refractivity contribution in [1.29, 1.82) is 0 Å².